The van der Waals surface area contributed by atoms with Crippen molar-refractivity contribution >= 4 is 21.6 Å². The number of anilines is 1. The van der Waals surface area contributed by atoms with Gasteiger partial charge >= 0.3 is 0 Å². The first-order chi connectivity index (χ1) is 6.74. The number of nitrogens with zero attached hydrogens (tertiary/aromatic N) is 1. The Morgan fingerprint density at radius 3 is 2.50 bits per heavy atom. The quantitative estimate of drug-likeness (QED) is 0.815. The molecule has 3 heteroatoms. The minimum Gasteiger partial charge on any atom is -0.373 e. The van der Waals surface area contributed by atoms with E-state index in [4.69, 9.17) is 0 Å². The predicted molar refractivity (Wildman–Crippen MR) is 66.0 cm³/mol. The number of benzene rings is 1. The van der Waals surface area contributed by atoms with Crippen molar-refractivity contribution in [2.75, 3.05) is 31.6 Å². The van der Waals surface area contributed by atoms with E-state index in [-0.39, 0.29) is 0 Å². The number of rotatable bonds is 5. The van der Waals surface area contributed by atoms with Gasteiger partial charge in [-0.05, 0) is 30.8 Å². The summed E-state index contributed by atoms with van der Waals surface area (Å²) in [7, 11) is 2.11. The fraction of sp³-hybridized carbons (Fsp3) is 0.455. The van der Waals surface area contributed by atoms with Crippen LogP contribution in [0.5, 0.6) is 0 Å². The molecule has 0 aliphatic heterocycles. The van der Waals surface area contributed by atoms with Crippen LogP contribution in [-0.2, 0) is 0 Å². The van der Waals surface area contributed by atoms with E-state index in [1.807, 2.05) is 0 Å². The van der Waals surface area contributed by atoms with Crippen molar-refractivity contribution in [1.29, 1.82) is 0 Å². The van der Waals surface area contributed by atoms with Crippen molar-refractivity contribution in [3.05, 3.63) is 28.7 Å². The lowest BCUT2D eigenvalue weighted by molar-refractivity contribution is 0.706. The van der Waals surface area contributed by atoms with Gasteiger partial charge in [0.25, 0.3) is 0 Å². The van der Waals surface area contributed by atoms with E-state index in [2.05, 4.69) is 64.4 Å². The van der Waals surface area contributed by atoms with E-state index in [1.165, 1.54) is 5.69 Å². The second-order valence-electron chi connectivity index (χ2n) is 3.25. The monoisotopic (exact) mass is 256 g/mol. The van der Waals surface area contributed by atoms with Crippen LogP contribution in [0.25, 0.3) is 0 Å². The van der Waals surface area contributed by atoms with Crippen LogP contribution in [0.4, 0.5) is 5.69 Å². The molecule has 0 amide bonds. The highest BCUT2D eigenvalue weighted by Gasteiger charge is 1.98. The minimum absolute atomic E-state index is 1.03. The fourth-order valence-corrected chi connectivity index (χ4v) is 1.51. The third-order valence-electron chi connectivity index (χ3n) is 2.14. The summed E-state index contributed by atoms with van der Waals surface area (Å²) in [5.74, 6) is 0. The van der Waals surface area contributed by atoms with Gasteiger partial charge in [-0.25, -0.2) is 0 Å². The summed E-state index contributed by atoms with van der Waals surface area (Å²) < 4.78 is 1.13. The lowest BCUT2D eigenvalue weighted by Gasteiger charge is -2.19. The van der Waals surface area contributed by atoms with Crippen LogP contribution in [0.1, 0.15) is 6.92 Å². The van der Waals surface area contributed by atoms with Crippen molar-refractivity contribution in [3.8, 4) is 0 Å². The second-order valence-corrected chi connectivity index (χ2v) is 4.17. The largest absolute Gasteiger partial charge is 0.373 e. The van der Waals surface area contributed by atoms with Crippen LogP contribution in [0.3, 0.4) is 0 Å². The second kappa shape index (κ2) is 6.04. The Labute approximate surface area is 94.4 Å². The SMILES string of the molecule is CCNCCN(C)c1ccc(Br)cc1. The van der Waals surface area contributed by atoms with Gasteiger partial charge in [0.15, 0.2) is 0 Å². The van der Waals surface area contributed by atoms with Gasteiger partial charge in [0.2, 0.25) is 0 Å². The maximum absolute atomic E-state index is 3.43. The van der Waals surface area contributed by atoms with Gasteiger partial charge in [-0.15, -0.1) is 0 Å². The molecule has 1 N–H and O–H groups in total. The molecule has 1 rings (SSSR count). The first kappa shape index (κ1) is 11.5. The number of hydrogen-bond donors (Lipinski definition) is 1. The molecule has 78 valence electrons. The molecule has 0 aliphatic carbocycles. The Morgan fingerprint density at radius 2 is 1.93 bits per heavy atom. The van der Waals surface area contributed by atoms with Crippen LogP contribution in [0.2, 0.25) is 0 Å². The maximum atomic E-state index is 3.43. The molecule has 0 fully saturated rings. The molecule has 0 spiro atoms. The highest BCUT2D eigenvalue weighted by atomic mass is 79.9. The van der Waals surface area contributed by atoms with Crippen LogP contribution in [0, 0.1) is 0 Å². The Kier molecular flexibility index (Phi) is 4.98. The molecule has 0 aliphatic rings. The topological polar surface area (TPSA) is 15.3 Å². The van der Waals surface area contributed by atoms with Crippen LogP contribution < -0.4 is 10.2 Å². The summed E-state index contributed by atoms with van der Waals surface area (Å²) >= 11 is 3.43. The molecule has 0 atom stereocenters. The summed E-state index contributed by atoms with van der Waals surface area (Å²) in [4.78, 5) is 2.25. The van der Waals surface area contributed by atoms with E-state index in [1.54, 1.807) is 0 Å². The zero-order valence-corrected chi connectivity index (χ0v) is 10.3. The number of nitrogens with one attached hydrogen (secondary N) is 1. The molecule has 0 unspecified atom stereocenters. The summed E-state index contributed by atoms with van der Waals surface area (Å²) in [6.45, 7) is 5.23. The molecular formula is C11H17BrN2. The van der Waals surface area contributed by atoms with Crippen molar-refractivity contribution in [2.24, 2.45) is 0 Å². The summed E-state index contributed by atoms with van der Waals surface area (Å²) in [6.07, 6.45) is 0. The average Bonchev–Trinajstić information content (AvgIpc) is 2.19. The molecule has 0 heterocycles. The predicted octanol–water partition coefficient (Wildman–Crippen LogP) is 2.49. The number of hydrogen-bond acceptors (Lipinski definition) is 2. The van der Waals surface area contributed by atoms with Gasteiger partial charge in [-0.1, -0.05) is 22.9 Å². The molecule has 14 heavy (non-hydrogen) atoms. The summed E-state index contributed by atoms with van der Waals surface area (Å²) in [6, 6.07) is 8.38. The van der Waals surface area contributed by atoms with Gasteiger partial charge in [0.1, 0.15) is 0 Å². The van der Waals surface area contributed by atoms with Crippen molar-refractivity contribution in [3.63, 3.8) is 0 Å². The Hall–Kier alpha value is -0.540. The highest BCUT2D eigenvalue weighted by molar-refractivity contribution is 9.10. The summed E-state index contributed by atoms with van der Waals surface area (Å²) in [5.41, 5.74) is 1.26. The molecule has 0 bridgehead atoms. The lowest BCUT2D eigenvalue weighted by Crippen LogP contribution is -2.28. The summed E-state index contributed by atoms with van der Waals surface area (Å²) in [5, 5.41) is 3.31. The van der Waals surface area contributed by atoms with Gasteiger partial charge in [0, 0.05) is 30.3 Å². The molecule has 1 aromatic rings. The van der Waals surface area contributed by atoms with E-state index < -0.39 is 0 Å². The average molecular weight is 257 g/mol. The normalized spacial score (nSPS) is 10.2. The number of likely N-dealkylation sites (N-methyl/N-ethyl adjacent to an activating group) is 2. The van der Waals surface area contributed by atoms with Crippen LogP contribution >= 0.6 is 15.9 Å². The van der Waals surface area contributed by atoms with E-state index in [0.29, 0.717) is 0 Å². The maximum Gasteiger partial charge on any atom is 0.0364 e. The first-order valence-electron chi connectivity index (χ1n) is 4.91. The molecule has 1 aromatic carbocycles. The lowest BCUT2D eigenvalue weighted by atomic mass is 10.3. The fourth-order valence-electron chi connectivity index (χ4n) is 1.25. The standard InChI is InChI=1S/C11H17BrN2/c1-3-13-8-9-14(2)11-6-4-10(12)5-7-11/h4-7,13H,3,8-9H2,1-2H3. The Morgan fingerprint density at radius 1 is 1.29 bits per heavy atom. The van der Waals surface area contributed by atoms with Gasteiger partial charge < -0.3 is 10.2 Å². The van der Waals surface area contributed by atoms with Crippen molar-refractivity contribution in [1.82, 2.24) is 5.32 Å². The van der Waals surface area contributed by atoms with Crippen LogP contribution in [0.15, 0.2) is 28.7 Å². The zero-order chi connectivity index (χ0) is 10.4. The molecule has 0 radical (unpaired) electrons. The van der Waals surface area contributed by atoms with Gasteiger partial charge in [-0.2, -0.15) is 0 Å². The van der Waals surface area contributed by atoms with Gasteiger partial charge in [0.05, 0.1) is 0 Å². The van der Waals surface area contributed by atoms with E-state index in [9.17, 15) is 0 Å². The Balaban J connectivity index is 2.43. The molecule has 2 nitrogen and oxygen atoms in total. The van der Waals surface area contributed by atoms with Crippen molar-refractivity contribution < 1.29 is 0 Å². The minimum atomic E-state index is 1.03. The first-order valence-corrected chi connectivity index (χ1v) is 5.70. The van der Waals surface area contributed by atoms with E-state index in [0.717, 1.165) is 24.1 Å². The highest BCUT2D eigenvalue weighted by Crippen LogP contribution is 2.16. The molecule has 0 saturated heterocycles. The third-order valence-corrected chi connectivity index (χ3v) is 2.67. The molecular weight excluding hydrogens is 240 g/mol. The van der Waals surface area contributed by atoms with Crippen LogP contribution in [-0.4, -0.2) is 26.7 Å². The number of halogens is 1. The van der Waals surface area contributed by atoms with Crippen molar-refractivity contribution in [2.45, 2.75) is 6.92 Å². The van der Waals surface area contributed by atoms with E-state index >= 15 is 0 Å². The smallest absolute Gasteiger partial charge is 0.0364 e. The molecule has 0 saturated carbocycles. The van der Waals surface area contributed by atoms with Gasteiger partial charge in [-0.3, -0.25) is 0 Å². The molecule has 0 aromatic heterocycles. The third kappa shape index (κ3) is 3.68. The zero-order valence-electron chi connectivity index (χ0n) is 8.76. The Bertz CT molecular complexity index is 258.